The fourth-order valence-electron chi connectivity index (χ4n) is 4.24. The highest BCUT2D eigenvalue weighted by molar-refractivity contribution is 5.80. The van der Waals surface area contributed by atoms with Crippen molar-refractivity contribution >= 4 is 5.96 Å². The topological polar surface area (TPSA) is 74.5 Å². The van der Waals surface area contributed by atoms with Gasteiger partial charge in [0.15, 0.2) is 5.96 Å². The number of hydrogen-bond acceptors (Lipinski definition) is 3. The van der Waals surface area contributed by atoms with Gasteiger partial charge in [-0.25, -0.2) is 0 Å². The molecule has 0 amide bonds. The number of fused-ring (bicyclic) bond motifs is 1. The van der Waals surface area contributed by atoms with Gasteiger partial charge < -0.3 is 15.7 Å². The van der Waals surface area contributed by atoms with Gasteiger partial charge in [-0.15, -0.1) is 0 Å². The van der Waals surface area contributed by atoms with Crippen LogP contribution in [-0.2, 0) is 12.8 Å². The number of guanidine groups is 1. The molecule has 1 heterocycles. The zero-order chi connectivity index (χ0) is 19.4. The average molecular weight is 376 g/mol. The second-order valence-corrected chi connectivity index (χ2v) is 8.87. The zero-order valence-electron chi connectivity index (χ0n) is 17.5. The first-order valence-corrected chi connectivity index (χ1v) is 10.7. The number of rotatable bonds is 5. The number of aryl methyl sites for hydroxylation is 1. The van der Waals surface area contributed by atoms with E-state index < -0.39 is 0 Å². The van der Waals surface area contributed by atoms with Gasteiger partial charge in [0, 0.05) is 36.7 Å². The molecule has 2 aliphatic rings. The molecule has 0 spiro atoms. The van der Waals surface area contributed by atoms with E-state index >= 15 is 0 Å². The molecule has 152 valence electrons. The molecular weight excluding hydrogens is 338 g/mol. The molecule has 2 aliphatic carbocycles. The van der Waals surface area contributed by atoms with Crippen molar-refractivity contribution in [1.82, 2.24) is 20.4 Å². The van der Waals surface area contributed by atoms with Crippen molar-refractivity contribution in [1.29, 1.82) is 0 Å². The average Bonchev–Trinajstić information content (AvgIpc) is 3.06. The highest BCUT2D eigenvalue weighted by Crippen LogP contribution is 2.36. The Morgan fingerprint density at radius 1 is 1.41 bits per heavy atom. The van der Waals surface area contributed by atoms with Crippen molar-refractivity contribution in [3.8, 4) is 0 Å². The van der Waals surface area contributed by atoms with E-state index in [1.807, 2.05) is 0 Å². The lowest BCUT2D eigenvalue weighted by molar-refractivity contribution is 0.00715. The van der Waals surface area contributed by atoms with E-state index in [0.717, 1.165) is 51.0 Å². The molecule has 3 N–H and O–H groups in total. The van der Waals surface area contributed by atoms with Gasteiger partial charge in [-0.05, 0) is 52.0 Å². The van der Waals surface area contributed by atoms with Gasteiger partial charge in [-0.3, -0.25) is 9.67 Å². The van der Waals surface area contributed by atoms with Crippen LogP contribution in [0.2, 0.25) is 0 Å². The first-order chi connectivity index (χ1) is 12.9. The van der Waals surface area contributed by atoms with Crippen molar-refractivity contribution in [3.05, 3.63) is 17.5 Å². The maximum atomic E-state index is 10.4. The first-order valence-electron chi connectivity index (χ1n) is 10.7. The molecule has 3 rings (SSSR count). The van der Waals surface area contributed by atoms with Crippen molar-refractivity contribution in [2.24, 2.45) is 10.4 Å². The molecule has 1 saturated carbocycles. The molecule has 0 radical (unpaired) electrons. The molecule has 6 heteroatoms. The van der Waals surface area contributed by atoms with Gasteiger partial charge in [0.2, 0.25) is 0 Å². The minimum absolute atomic E-state index is 0.101. The molecule has 1 aromatic rings. The number of aromatic nitrogens is 2. The van der Waals surface area contributed by atoms with Gasteiger partial charge in [0.05, 0.1) is 18.3 Å². The summed E-state index contributed by atoms with van der Waals surface area (Å²) in [5.74, 6) is 0.869. The van der Waals surface area contributed by atoms with Crippen molar-refractivity contribution in [3.63, 3.8) is 0 Å². The Labute approximate surface area is 163 Å². The normalized spacial score (nSPS) is 28.9. The van der Waals surface area contributed by atoms with E-state index in [0.29, 0.717) is 18.6 Å². The lowest BCUT2D eigenvalue weighted by atomic mass is 9.73. The summed E-state index contributed by atoms with van der Waals surface area (Å²) >= 11 is 0. The van der Waals surface area contributed by atoms with Crippen LogP contribution in [0.3, 0.4) is 0 Å². The maximum absolute atomic E-state index is 10.4. The van der Waals surface area contributed by atoms with E-state index in [2.05, 4.69) is 49.2 Å². The standard InChI is InChI=1S/C21H37N5O/c1-5-22-20(23-14-21(4)11-7-6-8-19(21)27)24-17-10-9-16-13-26(15(2)3)25-18(16)12-17/h13,15,17,19,27H,5-12,14H2,1-4H3,(H2,22,23,24). The van der Waals surface area contributed by atoms with Crippen LogP contribution in [0.1, 0.15) is 77.1 Å². The Bertz CT molecular complexity index is 653. The fraction of sp³-hybridized carbons (Fsp3) is 0.810. The Kier molecular flexibility index (Phi) is 6.45. The molecule has 1 aromatic heterocycles. The lowest BCUT2D eigenvalue weighted by Gasteiger charge is -2.37. The number of aliphatic imine (C=N–C) groups is 1. The highest BCUT2D eigenvalue weighted by Gasteiger charge is 2.35. The number of nitrogens with one attached hydrogen (secondary N) is 2. The summed E-state index contributed by atoms with van der Waals surface area (Å²) in [5, 5.41) is 22.2. The number of aliphatic hydroxyl groups excluding tert-OH is 1. The van der Waals surface area contributed by atoms with E-state index in [-0.39, 0.29) is 11.5 Å². The van der Waals surface area contributed by atoms with Crippen LogP contribution in [0, 0.1) is 5.41 Å². The maximum Gasteiger partial charge on any atom is 0.191 e. The molecule has 1 fully saturated rings. The van der Waals surface area contributed by atoms with E-state index in [9.17, 15) is 5.11 Å². The second kappa shape index (κ2) is 8.63. The van der Waals surface area contributed by atoms with Crippen molar-refractivity contribution < 1.29 is 5.11 Å². The molecule has 0 saturated heterocycles. The molecule has 6 nitrogen and oxygen atoms in total. The Morgan fingerprint density at radius 3 is 2.93 bits per heavy atom. The predicted octanol–water partition coefficient (Wildman–Crippen LogP) is 2.82. The smallest absolute Gasteiger partial charge is 0.191 e. The number of hydrogen-bond donors (Lipinski definition) is 3. The molecule has 0 aliphatic heterocycles. The number of aliphatic hydroxyl groups is 1. The van der Waals surface area contributed by atoms with Crippen molar-refractivity contribution in [2.75, 3.05) is 13.1 Å². The minimum atomic E-state index is -0.241. The Morgan fingerprint density at radius 2 is 2.22 bits per heavy atom. The van der Waals surface area contributed by atoms with Crippen LogP contribution in [0.4, 0.5) is 0 Å². The summed E-state index contributed by atoms with van der Waals surface area (Å²) in [6, 6.07) is 0.762. The van der Waals surface area contributed by atoms with Crippen LogP contribution in [0.25, 0.3) is 0 Å². The summed E-state index contributed by atoms with van der Waals surface area (Å²) in [6.45, 7) is 10.1. The largest absolute Gasteiger partial charge is 0.392 e. The van der Waals surface area contributed by atoms with Gasteiger partial charge >= 0.3 is 0 Å². The van der Waals surface area contributed by atoms with Crippen LogP contribution in [-0.4, -0.2) is 46.1 Å². The Balaban J connectivity index is 1.63. The van der Waals surface area contributed by atoms with Gasteiger partial charge in [-0.1, -0.05) is 19.8 Å². The van der Waals surface area contributed by atoms with Crippen molar-refractivity contribution in [2.45, 2.75) is 90.8 Å². The van der Waals surface area contributed by atoms with Gasteiger partial charge in [0.25, 0.3) is 0 Å². The highest BCUT2D eigenvalue weighted by atomic mass is 16.3. The number of nitrogens with zero attached hydrogens (tertiary/aromatic N) is 3. The monoisotopic (exact) mass is 375 g/mol. The zero-order valence-corrected chi connectivity index (χ0v) is 17.5. The van der Waals surface area contributed by atoms with Crippen LogP contribution in [0.5, 0.6) is 0 Å². The summed E-state index contributed by atoms with van der Waals surface area (Å²) in [7, 11) is 0. The lowest BCUT2D eigenvalue weighted by Crippen LogP contribution is -2.47. The van der Waals surface area contributed by atoms with E-state index in [1.165, 1.54) is 17.7 Å². The van der Waals surface area contributed by atoms with Crippen LogP contribution in [0.15, 0.2) is 11.2 Å². The molecule has 27 heavy (non-hydrogen) atoms. The predicted molar refractivity (Wildman–Crippen MR) is 110 cm³/mol. The fourth-order valence-corrected chi connectivity index (χ4v) is 4.24. The van der Waals surface area contributed by atoms with Gasteiger partial charge in [-0.2, -0.15) is 5.10 Å². The molecule has 3 atom stereocenters. The minimum Gasteiger partial charge on any atom is -0.392 e. The third-order valence-corrected chi connectivity index (χ3v) is 6.19. The van der Waals surface area contributed by atoms with E-state index in [1.54, 1.807) is 0 Å². The summed E-state index contributed by atoms with van der Waals surface area (Å²) in [5.41, 5.74) is 2.51. The molecule has 0 bridgehead atoms. The van der Waals surface area contributed by atoms with Crippen LogP contribution < -0.4 is 10.6 Å². The van der Waals surface area contributed by atoms with E-state index in [4.69, 9.17) is 10.1 Å². The first kappa shape index (κ1) is 20.2. The van der Waals surface area contributed by atoms with Crippen LogP contribution >= 0.6 is 0 Å². The van der Waals surface area contributed by atoms with Gasteiger partial charge in [0.1, 0.15) is 0 Å². The summed E-state index contributed by atoms with van der Waals surface area (Å²) in [4.78, 5) is 4.85. The SMILES string of the molecule is CCNC(=NCC1(C)CCCCC1O)NC1CCc2cn(C(C)C)nc2C1. The third-order valence-electron chi connectivity index (χ3n) is 6.19. The Hall–Kier alpha value is -1.56. The third kappa shape index (κ3) is 4.84. The summed E-state index contributed by atoms with van der Waals surface area (Å²) in [6.07, 6.45) is 9.35. The second-order valence-electron chi connectivity index (χ2n) is 8.87. The molecule has 0 aromatic carbocycles. The summed E-state index contributed by atoms with van der Waals surface area (Å²) < 4.78 is 2.08. The molecule has 3 unspecified atom stereocenters. The quantitative estimate of drug-likeness (QED) is 0.546. The molecular formula is C21H37N5O.